The molecule has 2 aromatic carbocycles. The zero-order chi connectivity index (χ0) is 15.9. The second-order valence-electron chi connectivity index (χ2n) is 5.00. The first-order valence-electron chi connectivity index (χ1n) is 6.88. The van der Waals surface area contributed by atoms with E-state index in [2.05, 4.69) is 22.6 Å². The number of benzene rings is 2. The summed E-state index contributed by atoms with van der Waals surface area (Å²) < 4.78 is 19.8. The quantitative estimate of drug-likeness (QED) is 0.478. The maximum Gasteiger partial charge on any atom is 0.151 e. The fraction of sp³-hybridized carbons (Fsp3) is 0.176. The molecule has 0 saturated heterocycles. The van der Waals surface area contributed by atoms with Crippen molar-refractivity contribution < 1.29 is 8.63 Å². The molecule has 0 aliphatic rings. The molecule has 0 N–H and O–H groups in total. The fourth-order valence-electron chi connectivity index (χ4n) is 2.47. The molecule has 1 heterocycles. The summed E-state index contributed by atoms with van der Waals surface area (Å²) >= 11 is 8.44. The van der Waals surface area contributed by atoms with E-state index in [4.69, 9.17) is 16.0 Å². The molecular weight excluding hydrogens is 431 g/mol. The highest BCUT2D eigenvalue weighted by molar-refractivity contribution is 14.1. The molecule has 0 aliphatic carbocycles. The first kappa shape index (κ1) is 16.0. The van der Waals surface area contributed by atoms with Crippen molar-refractivity contribution in [1.82, 2.24) is 0 Å². The minimum atomic E-state index is -1.12. The Labute approximate surface area is 150 Å². The second-order valence-corrected chi connectivity index (χ2v) is 8.36. The lowest BCUT2D eigenvalue weighted by Gasteiger charge is -2.02. The van der Waals surface area contributed by atoms with Crippen molar-refractivity contribution in [3.63, 3.8) is 0 Å². The van der Waals surface area contributed by atoms with Gasteiger partial charge in [0.15, 0.2) is 5.76 Å². The Balaban J connectivity index is 2.36. The van der Waals surface area contributed by atoms with Gasteiger partial charge in [-0.3, -0.25) is 4.21 Å². The molecule has 0 spiro atoms. The van der Waals surface area contributed by atoms with Gasteiger partial charge in [0.1, 0.15) is 5.58 Å². The maximum absolute atomic E-state index is 12.6. The Bertz CT molecular complexity index is 868. The molecular formula is C17H14ClIO2S. The summed E-state index contributed by atoms with van der Waals surface area (Å²) in [6, 6.07) is 11.7. The van der Waals surface area contributed by atoms with Gasteiger partial charge in [-0.25, -0.2) is 0 Å². The van der Waals surface area contributed by atoms with Crippen LogP contribution >= 0.6 is 34.2 Å². The third-order valence-electron chi connectivity index (χ3n) is 3.49. The molecule has 0 fully saturated rings. The predicted octanol–water partition coefficient (Wildman–Crippen LogP) is 5.79. The van der Waals surface area contributed by atoms with Gasteiger partial charge >= 0.3 is 0 Å². The number of hydrogen-bond acceptors (Lipinski definition) is 2. The summed E-state index contributed by atoms with van der Waals surface area (Å²) in [5.41, 5.74) is 2.65. The van der Waals surface area contributed by atoms with E-state index in [0.717, 1.165) is 30.6 Å². The largest absolute Gasteiger partial charge is 0.454 e. The van der Waals surface area contributed by atoms with Crippen molar-refractivity contribution in [2.75, 3.05) is 5.75 Å². The van der Waals surface area contributed by atoms with Gasteiger partial charge in [0.2, 0.25) is 0 Å². The molecule has 114 valence electrons. The smallest absolute Gasteiger partial charge is 0.151 e. The molecule has 0 bridgehead atoms. The SMILES string of the molecule is CCS(=O)c1c(-c2ccc(I)cc2)oc2c(C)cc(Cl)cc12. The molecule has 1 unspecified atom stereocenters. The van der Waals surface area contributed by atoms with Crippen LogP contribution in [0.5, 0.6) is 0 Å². The van der Waals surface area contributed by atoms with E-state index in [0.29, 0.717) is 16.5 Å². The van der Waals surface area contributed by atoms with Crippen LogP contribution in [0.4, 0.5) is 0 Å². The predicted molar refractivity (Wildman–Crippen MR) is 101 cm³/mol. The van der Waals surface area contributed by atoms with E-state index in [1.165, 1.54) is 0 Å². The van der Waals surface area contributed by atoms with Gasteiger partial charge in [0, 0.05) is 25.3 Å². The molecule has 22 heavy (non-hydrogen) atoms. The lowest BCUT2D eigenvalue weighted by Crippen LogP contribution is -1.95. The number of rotatable bonds is 3. The third-order valence-corrected chi connectivity index (χ3v) is 5.81. The van der Waals surface area contributed by atoms with Crippen molar-refractivity contribution in [1.29, 1.82) is 0 Å². The molecule has 0 saturated carbocycles. The van der Waals surface area contributed by atoms with Crippen molar-refractivity contribution in [2.24, 2.45) is 0 Å². The van der Waals surface area contributed by atoms with E-state index in [9.17, 15) is 4.21 Å². The van der Waals surface area contributed by atoms with Crippen molar-refractivity contribution in [3.05, 3.63) is 50.6 Å². The fourth-order valence-corrected chi connectivity index (χ4v) is 4.15. The average Bonchev–Trinajstić information content (AvgIpc) is 2.87. The summed E-state index contributed by atoms with van der Waals surface area (Å²) in [4.78, 5) is 0.740. The van der Waals surface area contributed by atoms with Crippen LogP contribution in [0.1, 0.15) is 12.5 Å². The monoisotopic (exact) mass is 444 g/mol. The number of hydrogen-bond donors (Lipinski definition) is 0. The van der Waals surface area contributed by atoms with Gasteiger partial charge in [-0.15, -0.1) is 0 Å². The van der Waals surface area contributed by atoms with E-state index < -0.39 is 10.8 Å². The highest BCUT2D eigenvalue weighted by Crippen LogP contribution is 2.39. The lowest BCUT2D eigenvalue weighted by atomic mass is 10.1. The summed E-state index contributed by atoms with van der Waals surface area (Å²) in [7, 11) is -1.12. The van der Waals surface area contributed by atoms with Crippen molar-refractivity contribution in [3.8, 4) is 11.3 Å². The number of halogens is 2. The van der Waals surface area contributed by atoms with Crippen LogP contribution in [0, 0.1) is 10.5 Å². The Kier molecular flexibility index (Phi) is 4.61. The van der Waals surface area contributed by atoms with Crippen LogP contribution in [-0.4, -0.2) is 9.96 Å². The zero-order valence-corrected chi connectivity index (χ0v) is 15.9. The first-order chi connectivity index (χ1) is 10.5. The van der Waals surface area contributed by atoms with Gasteiger partial charge in [-0.2, -0.15) is 0 Å². The highest BCUT2D eigenvalue weighted by atomic mass is 127. The van der Waals surface area contributed by atoms with Gasteiger partial charge < -0.3 is 4.42 Å². The Morgan fingerprint density at radius 3 is 2.55 bits per heavy atom. The van der Waals surface area contributed by atoms with Gasteiger partial charge in [-0.05, 0) is 59.3 Å². The molecule has 1 aromatic heterocycles. The first-order valence-corrected chi connectivity index (χ1v) is 9.65. The van der Waals surface area contributed by atoms with Gasteiger partial charge in [0.05, 0.1) is 15.7 Å². The molecule has 3 aromatic rings. The second kappa shape index (κ2) is 6.34. The molecule has 0 aliphatic heterocycles. The topological polar surface area (TPSA) is 30.2 Å². The van der Waals surface area contributed by atoms with E-state index >= 15 is 0 Å². The molecule has 0 radical (unpaired) electrons. The molecule has 0 amide bonds. The molecule has 3 rings (SSSR count). The van der Waals surface area contributed by atoms with Crippen molar-refractivity contribution in [2.45, 2.75) is 18.7 Å². The molecule has 5 heteroatoms. The maximum atomic E-state index is 12.6. The van der Waals surface area contributed by atoms with Gasteiger partial charge in [-0.1, -0.05) is 30.7 Å². The van der Waals surface area contributed by atoms with Gasteiger partial charge in [0.25, 0.3) is 0 Å². The van der Waals surface area contributed by atoms with Crippen LogP contribution in [-0.2, 0) is 10.8 Å². The Hall–Kier alpha value is -0.850. The normalized spacial score (nSPS) is 12.7. The van der Waals surface area contributed by atoms with E-state index in [1.807, 2.05) is 50.2 Å². The summed E-state index contributed by atoms with van der Waals surface area (Å²) in [5.74, 6) is 1.22. The van der Waals surface area contributed by atoms with Crippen LogP contribution < -0.4 is 0 Å². The Morgan fingerprint density at radius 2 is 1.91 bits per heavy atom. The summed E-state index contributed by atoms with van der Waals surface area (Å²) in [6.07, 6.45) is 0. The van der Waals surface area contributed by atoms with Crippen LogP contribution in [0.2, 0.25) is 5.02 Å². The summed E-state index contributed by atoms with van der Waals surface area (Å²) in [6.45, 7) is 3.86. The number of fused-ring (bicyclic) bond motifs is 1. The van der Waals surface area contributed by atoms with Crippen LogP contribution in [0.25, 0.3) is 22.3 Å². The number of furan rings is 1. The van der Waals surface area contributed by atoms with Crippen molar-refractivity contribution >= 4 is 56.0 Å². The average molecular weight is 445 g/mol. The highest BCUT2D eigenvalue weighted by Gasteiger charge is 2.21. The number of aryl methyl sites for hydroxylation is 1. The van der Waals surface area contributed by atoms with Crippen LogP contribution in [0.15, 0.2) is 45.7 Å². The minimum Gasteiger partial charge on any atom is -0.454 e. The minimum absolute atomic E-state index is 0.539. The molecule has 1 atom stereocenters. The third kappa shape index (κ3) is 2.84. The summed E-state index contributed by atoms with van der Waals surface area (Å²) in [5, 5.41) is 1.48. The lowest BCUT2D eigenvalue weighted by molar-refractivity contribution is 0.620. The Morgan fingerprint density at radius 1 is 1.23 bits per heavy atom. The standard InChI is InChI=1S/C17H14ClIO2S/c1-3-22(20)17-14-9-12(18)8-10(2)15(14)21-16(17)11-4-6-13(19)7-5-11/h4-9H,3H2,1-2H3. The van der Waals surface area contributed by atoms with E-state index in [1.54, 1.807) is 0 Å². The van der Waals surface area contributed by atoms with Crippen LogP contribution in [0.3, 0.4) is 0 Å². The zero-order valence-electron chi connectivity index (χ0n) is 12.2. The molecule has 2 nitrogen and oxygen atoms in total. The van der Waals surface area contributed by atoms with E-state index in [-0.39, 0.29) is 0 Å².